The summed E-state index contributed by atoms with van der Waals surface area (Å²) >= 11 is 0. The molecule has 2 atom stereocenters. The number of nitrogens with two attached hydrogens (primary N) is 2. The SMILES string of the molecule is CC1C(C(N)=O)(C(N)=O)C1(C)c1ccc(F)cc1. The normalized spacial score (nSPS) is 28.7. The summed E-state index contributed by atoms with van der Waals surface area (Å²) < 4.78 is 12.9. The lowest BCUT2D eigenvalue weighted by Crippen LogP contribution is -2.42. The molecular formula is C13H15FN2O2. The number of primary amides is 2. The second-order valence-corrected chi connectivity index (χ2v) is 4.97. The highest BCUT2D eigenvalue weighted by atomic mass is 19.1. The molecule has 1 saturated carbocycles. The van der Waals surface area contributed by atoms with Crippen LogP contribution in [0.5, 0.6) is 0 Å². The fraction of sp³-hybridized carbons (Fsp3) is 0.385. The molecule has 1 aromatic carbocycles. The molecule has 4 nitrogen and oxygen atoms in total. The molecule has 0 spiro atoms. The standard InChI is InChI=1S/C13H15FN2O2/c1-7-12(2,8-3-5-9(14)6-4-8)13(7,10(15)17)11(16)18/h3-7H,1-2H3,(H2,15,17)(H2,16,18). The molecule has 2 unspecified atom stereocenters. The molecule has 1 aliphatic carbocycles. The lowest BCUT2D eigenvalue weighted by Gasteiger charge is -2.17. The van der Waals surface area contributed by atoms with E-state index in [1.807, 2.05) is 0 Å². The van der Waals surface area contributed by atoms with Gasteiger partial charge in [0.1, 0.15) is 11.2 Å². The van der Waals surface area contributed by atoms with Gasteiger partial charge in [-0.2, -0.15) is 0 Å². The summed E-state index contributed by atoms with van der Waals surface area (Å²) in [6.45, 7) is 3.50. The van der Waals surface area contributed by atoms with Gasteiger partial charge in [-0.3, -0.25) is 9.59 Å². The fourth-order valence-electron chi connectivity index (χ4n) is 3.17. The summed E-state index contributed by atoms with van der Waals surface area (Å²) in [7, 11) is 0. The van der Waals surface area contributed by atoms with E-state index in [0.29, 0.717) is 5.56 Å². The van der Waals surface area contributed by atoms with Crippen molar-refractivity contribution in [3.05, 3.63) is 35.6 Å². The van der Waals surface area contributed by atoms with Crippen LogP contribution in [0.4, 0.5) is 4.39 Å². The smallest absolute Gasteiger partial charge is 0.234 e. The average molecular weight is 250 g/mol. The first kappa shape index (κ1) is 12.5. The van der Waals surface area contributed by atoms with Gasteiger partial charge in [0.05, 0.1) is 0 Å². The zero-order valence-corrected chi connectivity index (χ0v) is 10.2. The molecule has 1 aromatic rings. The predicted molar refractivity (Wildman–Crippen MR) is 63.7 cm³/mol. The predicted octanol–water partition coefficient (Wildman–Crippen LogP) is 0.690. The number of benzene rings is 1. The van der Waals surface area contributed by atoms with Crippen LogP contribution in [0, 0.1) is 17.2 Å². The minimum Gasteiger partial charge on any atom is -0.369 e. The van der Waals surface area contributed by atoms with E-state index in [-0.39, 0.29) is 11.7 Å². The van der Waals surface area contributed by atoms with Gasteiger partial charge in [0.25, 0.3) is 0 Å². The van der Waals surface area contributed by atoms with Crippen LogP contribution in [-0.4, -0.2) is 11.8 Å². The maximum Gasteiger partial charge on any atom is 0.234 e. The average Bonchev–Trinajstić information content (AvgIpc) is 2.79. The molecule has 1 aliphatic rings. The summed E-state index contributed by atoms with van der Waals surface area (Å²) in [4.78, 5) is 23.3. The minimum atomic E-state index is -1.38. The second kappa shape index (κ2) is 3.54. The van der Waals surface area contributed by atoms with Gasteiger partial charge in [-0.05, 0) is 23.6 Å². The molecule has 0 aromatic heterocycles. The van der Waals surface area contributed by atoms with Crippen LogP contribution in [-0.2, 0) is 15.0 Å². The molecule has 0 aliphatic heterocycles. The Morgan fingerprint density at radius 1 is 1.17 bits per heavy atom. The van der Waals surface area contributed by atoms with E-state index in [2.05, 4.69) is 0 Å². The molecule has 0 heterocycles. The number of halogens is 1. The first-order chi connectivity index (χ1) is 8.29. The van der Waals surface area contributed by atoms with Gasteiger partial charge in [-0.1, -0.05) is 26.0 Å². The van der Waals surface area contributed by atoms with E-state index in [9.17, 15) is 14.0 Å². The summed E-state index contributed by atoms with van der Waals surface area (Å²) in [5.74, 6) is -2.13. The Bertz CT molecular complexity index is 512. The molecular weight excluding hydrogens is 235 g/mol. The lowest BCUT2D eigenvalue weighted by atomic mass is 9.86. The molecule has 96 valence electrons. The van der Waals surface area contributed by atoms with E-state index < -0.39 is 22.6 Å². The minimum absolute atomic E-state index is 0.300. The molecule has 18 heavy (non-hydrogen) atoms. The molecule has 1 fully saturated rings. The van der Waals surface area contributed by atoms with Crippen LogP contribution in [0.25, 0.3) is 0 Å². The number of hydrogen-bond donors (Lipinski definition) is 2. The van der Waals surface area contributed by atoms with Crippen molar-refractivity contribution in [2.45, 2.75) is 19.3 Å². The van der Waals surface area contributed by atoms with Crippen LogP contribution in [0.2, 0.25) is 0 Å². The van der Waals surface area contributed by atoms with E-state index in [0.717, 1.165) is 0 Å². The van der Waals surface area contributed by atoms with E-state index in [1.54, 1.807) is 26.0 Å². The van der Waals surface area contributed by atoms with Crippen molar-refractivity contribution >= 4 is 11.8 Å². The molecule has 2 amide bonds. The van der Waals surface area contributed by atoms with Crippen LogP contribution < -0.4 is 11.5 Å². The van der Waals surface area contributed by atoms with Crippen LogP contribution in [0.1, 0.15) is 19.4 Å². The Balaban J connectivity index is 2.54. The van der Waals surface area contributed by atoms with Gasteiger partial charge >= 0.3 is 0 Å². The third-order valence-corrected chi connectivity index (χ3v) is 4.47. The zero-order valence-electron chi connectivity index (χ0n) is 10.2. The summed E-state index contributed by atoms with van der Waals surface area (Å²) in [5.41, 5.74) is 9.25. The van der Waals surface area contributed by atoms with E-state index in [4.69, 9.17) is 11.5 Å². The van der Waals surface area contributed by atoms with Gasteiger partial charge in [-0.25, -0.2) is 4.39 Å². The van der Waals surface area contributed by atoms with Crippen molar-refractivity contribution in [1.29, 1.82) is 0 Å². The third kappa shape index (κ3) is 1.19. The summed E-state index contributed by atoms with van der Waals surface area (Å²) in [5, 5.41) is 0. The first-order valence-electron chi connectivity index (χ1n) is 5.65. The monoisotopic (exact) mass is 250 g/mol. The second-order valence-electron chi connectivity index (χ2n) is 4.97. The maximum absolute atomic E-state index is 12.9. The topological polar surface area (TPSA) is 86.2 Å². The fourth-order valence-corrected chi connectivity index (χ4v) is 3.17. The van der Waals surface area contributed by atoms with Gasteiger partial charge < -0.3 is 11.5 Å². The Hall–Kier alpha value is -1.91. The first-order valence-corrected chi connectivity index (χ1v) is 5.65. The molecule has 0 bridgehead atoms. The Labute approximate surface area is 104 Å². The Morgan fingerprint density at radius 2 is 1.61 bits per heavy atom. The molecule has 0 saturated heterocycles. The number of rotatable bonds is 3. The highest BCUT2D eigenvalue weighted by molar-refractivity contribution is 6.10. The van der Waals surface area contributed by atoms with E-state index >= 15 is 0 Å². The molecule has 4 N–H and O–H groups in total. The maximum atomic E-state index is 12.9. The van der Waals surface area contributed by atoms with Crippen molar-refractivity contribution < 1.29 is 14.0 Å². The van der Waals surface area contributed by atoms with Crippen molar-refractivity contribution in [1.82, 2.24) is 0 Å². The third-order valence-electron chi connectivity index (χ3n) is 4.47. The largest absolute Gasteiger partial charge is 0.369 e. The van der Waals surface area contributed by atoms with Gasteiger partial charge in [0.2, 0.25) is 11.8 Å². The van der Waals surface area contributed by atoms with E-state index in [1.165, 1.54) is 12.1 Å². The van der Waals surface area contributed by atoms with Gasteiger partial charge in [0, 0.05) is 5.41 Å². The van der Waals surface area contributed by atoms with Gasteiger partial charge in [-0.15, -0.1) is 0 Å². The summed E-state index contributed by atoms with van der Waals surface area (Å²) in [6, 6.07) is 5.69. The number of hydrogen-bond acceptors (Lipinski definition) is 2. The molecule has 5 heteroatoms. The highest BCUT2D eigenvalue weighted by Gasteiger charge is 2.79. The lowest BCUT2D eigenvalue weighted by molar-refractivity contribution is -0.134. The molecule has 2 rings (SSSR count). The Kier molecular flexibility index (Phi) is 2.47. The van der Waals surface area contributed by atoms with Gasteiger partial charge in [0.15, 0.2) is 0 Å². The quantitative estimate of drug-likeness (QED) is 0.773. The molecule has 0 radical (unpaired) electrons. The van der Waals surface area contributed by atoms with Crippen LogP contribution >= 0.6 is 0 Å². The summed E-state index contributed by atoms with van der Waals surface area (Å²) in [6.07, 6.45) is 0. The Morgan fingerprint density at radius 3 is 1.94 bits per heavy atom. The number of carbonyl (C=O) groups is 2. The highest BCUT2D eigenvalue weighted by Crippen LogP contribution is 2.69. The van der Waals surface area contributed by atoms with Crippen LogP contribution in [0.3, 0.4) is 0 Å². The number of carbonyl (C=O) groups excluding carboxylic acids is 2. The van der Waals surface area contributed by atoms with Crippen LogP contribution in [0.15, 0.2) is 24.3 Å². The number of amides is 2. The van der Waals surface area contributed by atoms with Crippen molar-refractivity contribution in [2.24, 2.45) is 22.8 Å². The van der Waals surface area contributed by atoms with Crippen molar-refractivity contribution in [2.75, 3.05) is 0 Å². The van der Waals surface area contributed by atoms with Crippen molar-refractivity contribution in [3.8, 4) is 0 Å². The zero-order chi connectivity index (χ0) is 13.7. The van der Waals surface area contributed by atoms with Crippen molar-refractivity contribution in [3.63, 3.8) is 0 Å².